The molecule has 1 aliphatic heterocycles. The Hall–Kier alpha value is -1.53. The lowest BCUT2D eigenvalue weighted by Gasteiger charge is -2.31. The van der Waals surface area contributed by atoms with Gasteiger partial charge in [-0.2, -0.15) is 0 Å². The van der Waals surface area contributed by atoms with Gasteiger partial charge in [-0.15, -0.1) is 0 Å². The lowest BCUT2D eigenvalue weighted by Crippen LogP contribution is -2.32. The minimum atomic E-state index is 0.0874. The molecule has 3 rings (SSSR count). The van der Waals surface area contributed by atoms with Crippen LogP contribution in [0.15, 0.2) is 36.4 Å². The molecule has 1 N–H and O–H groups in total. The van der Waals surface area contributed by atoms with E-state index in [1.54, 1.807) is 0 Å². The number of rotatable bonds is 3. The third kappa shape index (κ3) is 4.18. The van der Waals surface area contributed by atoms with E-state index in [0.717, 1.165) is 24.0 Å². The number of nitrogens with zero attached hydrogens (tertiary/aromatic N) is 1. The second kappa shape index (κ2) is 7.38. The molecule has 1 heterocycles. The van der Waals surface area contributed by atoms with Gasteiger partial charge in [-0.1, -0.05) is 53.6 Å². The molecule has 1 unspecified atom stereocenters. The van der Waals surface area contributed by atoms with Crippen molar-refractivity contribution in [1.29, 1.82) is 0 Å². The van der Waals surface area contributed by atoms with Gasteiger partial charge in [0.1, 0.15) is 5.75 Å². The van der Waals surface area contributed by atoms with E-state index in [1.165, 1.54) is 35.8 Å². The zero-order valence-corrected chi connectivity index (χ0v) is 16.9. The van der Waals surface area contributed by atoms with Gasteiger partial charge < -0.3 is 10.0 Å². The first-order valence-electron chi connectivity index (χ1n) is 9.31. The van der Waals surface area contributed by atoms with Gasteiger partial charge in [0, 0.05) is 29.4 Å². The Morgan fingerprint density at radius 3 is 2.32 bits per heavy atom. The van der Waals surface area contributed by atoms with Crippen molar-refractivity contribution in [3.8, 4) is 5.75 Å². The largest absolute Gasteiger partial charge is 0.507 e. The van der Waals surface area contributed by atoms with E-state index in [1.807, 2.05) is 6.92 Å². The van der Waals surface area contributed by atoms with E-state index < -0.39 is 0 Å². The van der Waals surface area contributed by atoms with E-state index in [9.17, 15) is 5.11 Å². The van der Waals surface area contributed by atoms with Crippen LogP contribution in [0.1, 0.15) is 51.2 Å². The maximum Gasteiger partial charge on any atom is 0.126 e. The molecule has 1 saturated heterocycles. The zero-order valence-electron chi connectivity index (χ0n) is 15.9. The number of piperidine rings is 1. The van der Waals surface area contributed by atoms with E-state index in [4.69, 9.17) is 0 Å². The van der Waals surface area contributed by atoms with Crippen molar-refractivity contribution in [2.75, 3.05) is 18.0 Å². The fraction of sp³-hybridized carbons (Fsp3) is 0.455. The summed E-state index contributed by atoms with van der Waals surface area (Å²) in [7, 11) is 0.479. The van der Waals surface area contributed by atoms with Crippen LogP contribution in [0, 0.1) is 6.92 Å². The van der Waals surface area contributed by atoms with Gasteiger partial charge in [-0.05, 0) is 54.9 Å². The maximum absolute atomic E-state index is 10.6. The second-order valence-electron chi connectivity index (χ2n) is 8.13. The highest BCUT2D eigenvalue weighted by Gasteiger charge is 2.19. The Morgan fingerprint density at radius 1 is 0.960 bits per heavy atom. The van der Waals surface area contributed by atoms with Crippen molar-refractivity contribution in [1.82, 2.24) is 0 Å². The van der Waals surface area contributed by atoms with Gasteiger partial charge in [0.2, 0.25) is 0 Å². The predicted octanol–water partition coefficient (Wildman–Crippen LogP) is 4.62. The molecule has 0 aliphatic carbocycles. The topological polar surface area (TPSA) is 23.5 Å². The van der Waals surface area contributed by atoms with Crippen molar-refractivity contribution < 1.29 is 5.11 Å². The number of phenolic OH excluding ortho intramolecular Hbond substituents is 1. The van der Waals surface area contributed by atoms with Crippen LogP contribution in [0.3, 0.4) is 0 Å². The monoisotopic (exact) mass is 355 g/mol. The Morgan fingerprint density at radius 2 is 1.64 bits per heavy atom. The highest BCUT2D eigenvalue weighted by molar-refractivity contribution is 7.56. The molecule has 0 saturated carbocycles. The van der Waals surface area contributed by atoms with Crippen molar-refractivity contribution in [3.63, 3.8) is 0 Å². The first-order valence-corrected chi connectivity index (χ1v) is 10.3. The van der Waals surface area contributed by atoms with Crippen molar-refractivity contribution in [2.45, 2.75) is 52.4 Å². The van der Waals surface area contributed by atoms with E-state index in [-0.39, 0.29) is 5.41 Å². The van der Waals surface area contributed by atoms with Crippen LogP contribution >= 0.6 is 8.58 Å². The minimum absolute atomic E-state index is 0.0874. The van der Waals surface area contributed by atoms with E-state index in [0.29, 0.717) is 14.3 Å². The Balaban J connectivity index is 1.96. The van der Waals surface area contributed by atoms with Crippen LogP contribution in [0.4, 0.5) is 5.69 Å². The van der Waals surface area contributed by atoms with E-state index in [2.05, 4.69) is 62.1 Å². The summed E-state index contributed by atoms with van der Waals surface area (Å²) in [5.74, 6) is 0.458. The average molecular weight is 355 g/mol. The normalized spacial score (nSPS) is 15.9. The number of hydrogen-bond acceptors (Lipinski definition) is 2. The molecule has 134 valence electrons. The molecule has 1 fully saturated rings. The van der Waals surface area contributed by atoms with Crippen LogP contribution in [0.2, 0.25) is 0 Å². The summed E-state index contributed by atoms with van der Waals surface area (Å²) < 4.78 is 0. The quantitative estimate of drug-likeness (QED) is 0.812. The highest BCUT2D eigenvalue weighted by Crippen LogP contribution is 2.31. The van der Waals surface area contributed by atoms with E-state index >= 15 is 0 Å². The van der Waals surface area contributed by atoms with Gasteiger partial charge in [0.25, 0.3) is 0 Å². The van der Waals surface area contributed by atoms with Crippen LogP contribution in [0.25, 0.3) is 0 Å². The molecule has 2 aromatic carbocycles. The maximum atomic E-state index is 10.6. The van der Waals surface area contributed by atoms with Crippen LogP contribution in [-0.4, -0.2) is 18.2 Å². The molecule has 0 bridgehead atoms. The van der Waals surface area contributed by atoms with Crippen molar-refractivity contribution in [2.24, 2.45) is 0 Å². The Labute approximate surface area is 154 Å². The Kier molecular flexibility index (Phi) is 5.39. The Bertz CT molecular complexity index is 742. The highest BCUT2D eigenvalue weighted by atomic mass is 31.1. The number of aromatic hydroxyl groups is 1. The third-order valence-electron chi connectivity index (χ3n) is 5.04. The second-order valence-corrected chi connectivity index (χ2v) is 9.46. The number of benzene rings is 2. The van der Waals surface area contributed by atoms with Gasteiger partial charge in [0.05, 0.1) is 0 Å². The number of hydrogen-bond donors (Lipinski definition) is 1. The summed E-state index contributed by atoms with van der Waals surface area (Å²) in [6, 6.07) is 13.0. The molecule has 25 heavy (non-hydrogen) atoms. The summed E-state index contributed by atoms with van der Waals surface area (Å²) >= 11 is 0. The van der Waals surface area contributed by atoms with Gasteiger partial charge in [-0.3, -0.25) is 0 Å². The number of aryl methyl sites for hydroxylation is 1. The molecule has 0 aromatic heterocycles. The fourth-order valence-electron chi connectivity index (χ4n) is 3.44. The van der Waals surface area contributed by atoms with Gasteiger partial charge >= 0.3 is 0 Å². The van der Waals surface area contributed by atoms with Crippen LogP contribution < -0.4 is 15.5 Å². The van der Waals surface area contributed by atoms with Gasteiger partial charge in [0.15, 0.2) is 0 Å². The summed E-state index contributed by atoms with van der Waals surface area (Å²) in [5, 5.41) is 13.0. The first-order chi connectivity index (χ1) is 11.9. The van der Waals surface area contributed by atoms with Crippen LogP contribution in [0.5, 0.6) is 5.75 Å². The molecule has 0 spiro atoms. The first kappa shape index (κ1) is 18.3. The summed E-state index contributed by atoms with van der Waals surface area (Å²) in [6.07, 6.45) is 3.90. The van der Waals surface area contributed by atoms with Crippen LogP contribution in [-0.2, 0) is 5.41 Å². The average Bonchev–Trinajstić information content (AvgIpc) is 2.59. The summed E-state index contributed by atoms with van der Waals surface area (Å²) in [5.41, 5.74) is 3.70. The number of para-hydroxylation sites is 1. The SMILES string of the molecule is Cc1cc(C(C)(C)C)cc(Pc2ccccc2N2CCCCC2)c1O. The molecule has 0 amide bonds. The molecular formula is C22H30NOP. The molecule has 0 radical (unpaired) electrons. The van der Waals surface area contributed by atoms with Gasteiger partial charge in [-0.25, -0.2) is 0 Å². The fourth-order valence-corrected chi connectivity index (χ4v) is 4.83. The molecule has 2 aromatic rings. The lowest BCUT2D eigenvalue weighted by atomic mass is 9.86. The molecule has 1 atom stereocenters. The molecule has 1 aliphatic rings. The number of anilines is 1. The summed E-state index contributed by atoms with van der Waals surface area (Å²) in [4.78, 5) is 2.52. The molecule has 2 nitrogen and oxygen atoms in total. The zero-order chi connectivity index (χ0) is 18.0. The third-order valence-corrected chi connectivity index (χ3v) is 6.38. The minimum Gasteiger partial charge on any atom is -0.507 e. The standard InChI is InChI=1S/C22H30NOP/c1-16-14-17(22(2,3)4)15-20(21(16)24)25-19-11-7-6-10-18(19)23-12-8-5-9-13-23/h6-7,10-11,14-15,24-25H,5,8-9,12-13H2,1-4H3. The molecule has 3 heteroatoms. The lowest BCUT2D eigenvalue weighted by molar-refractivity contribution is 0.474. The van der Waals surface area contributed by atoms with Crippen molar-refractivity contribution in [3.05, 3.63) is 47.5 Å². The summed E-state index contributed by atoms with van der Waals surface area (Å²) in [6.45, 7) is 11.0. The van der Waals surface area contributed by atoms with Crippen molar-refractivity contribution >= 4 is 24.9 Å². The smallest absolute Gasteiger partial charge is 0.126 e. The number of phenols is 1. The molecular weight excluding hydrogens is 325 g/mol. The predicted molar refractivity (Wildman–Crippen MR) is 112 cm³/mol.